The molecule has 0 radical (unpaired) electrons. The van der Waals surface area contributed by atoms with Crippen LogP contribution in [-0.2, 0) is 14.3 Å². The van der Waals surface area contributed by atoms with E-state index >= 15 is 0 Å². The average molecular weight is 377 g/mol. The second kappa shape index (κ2) is 7.08. The maximum absolute atomic E-state index is 12.2. The maximum atomic E-state index is 12.2. The number of hydrogen-bond acceptors (Lipinski definition) is 3. The van der Waals surface area contributed by atoms with Gasteiger partial charge in [-0.1, -0.05) is 26.7 Å². The van der Waals surface area contributed by atoms with Crippen LogP contribution in [-0.4, -0.2) is 23.1 Å². The van der Waals surface area contributed by atoms with Crippen LogP contribution < -0.4 is 0 Å². The van der Waals surface area contributed by atoms with Crippen molar-refractivity contribution < 1.29 is 19.4 Å². The van der Waals surface area contributed by atoms with Crippen molar-refractivity contribution in [3.63, 3.8) is 0 Å². The van der Waals surface area contributed by atoms with Gasteiger partial charge in [0.25, 0.3) is 0 Å². The SMILES string of the molecule is C[C@]12CCCC[C@@H]1CC[C@@H]1[C@H]2CC[C@]2(C)[C@@H](OC(=O)CCC(=O)O)CC[C@H]12. The molecule has 4 fully saturated rings. The molecule has 0 aromatic carbocycles. The monoisotopic (exact) mass is 376 g/mol. The molecule has 0 aromatic rings. The maximum Gasteiger partial charge on any atom is 0.306 e. The highest BCUT2D eigenvalue weighted by molar-refractivity contribution is 5.76. The van der Waals surface area contributed by atoms with Gasteiger partial charge in [0.15, 0.2) is 0 Å². The highest BCUT2D eigenvalue weighted by Crippen LogP contribution is 2.66. The summed E-state index contributed by atoms with van der Waals surface area (Å²) in [7, 11) is 0. The van der Waals surface area contributed by atoms with Crippen molar-refractivity contribution in [2.75, 3.05) is 0 Å². The number of carbonyl (C=O) groups excluding carboxylic acids is 1. The van der Waals surface area contributed by atoms with Gasteiger partial charge in [-0.05, 0) is 80.5 Å². The molecular weight excluding hydrogens is 340 g/mol. The number of esters is 1. The Hall–Kier alpha value is -1.06. The van der Waals surface area contributed by atoms with E-state index in [-0.39, 0.29) is 30.3 Å². The molecule has 0 amide bonds. The Kier molecular flexibility index (Phi) is 5.05. The fraction of sp³-hybridized carbons (Fsp3) is 0.913. The van der Waals surface area contributed by atoms with Gasteiger partial charge in [-0.2, -0.15) is 0 Å². The van der Waals surface area contributed by atoms with Crippen molar-refractivity contribution in [3.8, 4) is 0 Å². The minimum Gasteiger partial charge on any atom is -0.481 e. The predicted molar refractivity (Wildman–Crippen MR) is 103 cm³/mol. The second-order valence-electron chi connectivity index (χ2n) is 10.4. The first kappa shape index (κ1) is 19.3. The molecule has 4 saturated carbocycles. The molecule has 0 bridgehead atoms. The van der Waals surface area contributed by atoms with E-state index in [1.807, 2.05) is 0 Å². The molecule has 4 aliphatic rings. The topological polar surface area (TPSA) is 63.6 Å². The molecule has 0 aromatic heterocycles. The lowest BCUT2D eigenvalue weighted by molar-refractivity contribution is -0.164. The van der Waals surface area contributed by atoms with Gasteiger partial charge in [0, 0.05) is 5.41 Å². The minimum absolute atomic E-state index is 0.00160. The van der Waals surface area contributed by atoms with Crippen molar-refractivity contribution in [2.45, 2.75) is 97.0 Å². The van der Waals surface area contributed by atoms with Gasteiger partial charge in [-0.25, -0.2) is 0 Å². The smallest absolute Gasteiger partial charge is 0.306 e. The van der Waals surface area contributed by atoms with E-state index in [0.29, 0.717) is 11.3 Å². The Morgan fingerprint density at radius 2 is 1.67 bits per heavy atom. The Bertz CT molecular complexity index is 601. The van der Waals surface area contributed by atoms with E-state index in [2.05, 4.69) is 13.8 Å². The molecule has 4 rings (SSSR count). The highest BCUT2D eigenvalue weighted by atomic mass is 16.5. The van der Waals surface area contributed by atoms with Crippen molar-refractivity contribution in [2.24, 2.45) is 34.5 Å². The lowest BCUT2D eigenvalue weighted by Gasteiger charge is -2.60. The van der Waals surface area contributed by atoms with Crippen LogP contribution in [0, 0.1) is 34.5 Å². The fourth-order valence-electron chi connectivity index (χ4n) is 7.87. The van der Waals surface area contributed by atoms with Crippen LogP contribution in [0.1, 0.15) is 90.9 Å². The van der Waals surface area contributed by atoms with E-state index in [1.165, 1.54) is 51.4 Å². The molecule has 0 heterocycles. The number of aliphatic carboxylic acids is 1. The molecule has 27 heavy (non-hydrogen) atoms. The second-order valence-corrected chi connectivity index (χ2v) is 10.4. The Labute approximate surface area is 163 Å². The average Bonchev–Trinajstić information content (AvgIpc) is 2.96. The van der Waals surface area contributed by atoms with Crippen LogP contribution in [0.25, 0.3) is 0 Å². The summed E-state index contributed by atoms with van der Waals surface area (Å²) in [6, 6.07) is 0. The number of carboxylic acids is 1. The predicted octanol–water partition coefficient (Wildman–Crippen LogP) is 5.20. The van der Waals surface area contributed by atoms with E-state index in [0.717, 1.165) is 30.6 Å². The summed E-state index contributed by atoms with van der Waals surface area (Å²) in [5, 5.41) is 8.80. The van der Waals surface area contributed by atoms with Gasteiger partial charge in [0.1, 0.15) is 6.10 Å². The molecule has 0 aliphatic heterocycles. The number of ether oxygens (including phenoxy) is 1. The Morgan fingerprint density at radius 1 is 0.889 bits per heavy atom. The van der Waals surface area contributed by atoms with Crippen LogP contribution in [0.15, 0.2) is 0 Å². The molecule has 152 valence electrons. The first-order chi connectivity index (χ1) is 12.8. The molecule has 0 spiro atoms. The molecule has 4 nitrogen and oxygen atoms in total. The van der Waals surface area contributed by atoms with E-state index < -0.39 is 5.97 Å². The van der Waals surface area contributed by atoms with Crippen molar-refractivity contribution >= 4 is 11.9 Å². The quantitative estimate of drug-likeness (QED) is 0.685. The summed E-state index contributed by atoms with van der Waals surface area (Å²) in [5.41, 5.74) is 0.636. The minimum atomic E-state index is -0.930. The van der Waals surface area contributed by atoms with Crippen LogP contribution in [0.3, 0.4) is 0 Å². The summed E-state index contributed by atoms with van der Waals surface area (Å²) >= 11 is 0. The molecule has 1 N–H and O–H groups in total. The molecule has 4 heteroatoms. The molecule has 7 atom stereocenters. The van der Waals surface area contributed by atoms with Gasteiger partial charge in [-0.3, -0.25) is 9.59 Å². The van der Waals surface area contributed by atoms with Crippen molar-refractivity contribution in [3.05, 3.63) is 0 Å². The van der Waals surface area contributed by atoms with Gasteiger partial charge in [-0.15, -0.1) is 0 Å². The fourth-order valence-corrected chi connectivity index (χ4v) is 7.87. The largest absolute Gasteiger partial charge is 0.481 e. The zero-order chi connectivity index (χ0) is 19.2. The van der Waals surface area contributed by atoms with Gasteiger partial charge < -0.3 is 9.84 Å². The molecule has 0 unspecified atom stereocenters. The Balaban J connectivity index is 1.46. The normalized spacial score (nSPS) is 46.1. The standard InChI is InChI=1S/C23H36O4/c1-22-13-4-3-5-15(22)6-7-16-17-8-9-19(23(17,2)14-12-18(16)22)27-21(26)11-10-20(24)25/h15-19H,3-14H2,1-2H3,(H,24,25)/t15-,16+,17-,18-,19+,22+,23+/m1/s1. The number of fused-ring (bicyclic) bond motifs is 5. The lowest BCUT2D eigenvalue weighted by Crippen LogP contribution is -2.53. The molecule has 4 aliphatic carbocycles. The number of carbonyl (C=O) groups is 2. The third-order valence-corrected chi connectivity index (χ3v) is 9.31. The number of rotatable bonds is 4. The summed E-state index contributed by atoms with van der Waals surface area (Å²) in [4.78, 5) is 22.9. The number of hydrogen-bond donors (Lipinski definition) is 1. The van der Waals surface area contributed by atoms with Crippen LogP contribution in [0.4, 0.5) is 0 Å². The zero-order valence-corrected chi connectivity index (χ0v) is 17.0. The van der Waals surface area contributed by atoms with E-state index in [1.54, 1.807) is 0 Å². The first-order valence-corrected chi connectivity index (χ1v) is 11.3. The van der Waals surface area contributed by atoms with Crippen molar-refractivity contribution in [1.29, 1.82) is 0 Å². The first-order valence-electron chi connectivity index (χ1n) is 11.3. The Morgan fingerprint density at radius 3 is 2.44 bits per heavy atom. The molecule has 0 saturated heterocycles. The lowest BCUT2D eigenvalue weighted by atomic mass is 9.45. The van der Waals surface area contributed by atoms with Crippen LogP contribution in [0.2, 0.25) is 0 Å². The van der Waals surface area contributed by atoms with E-state index in [4.69, 9.17) is 9.84 Å². The van der Waals surface area contributed by atoms with Gasteiger partial charge in [0.2, 0.25) is 0 Å². The summed E-state index contributed by atoms with van der Waals surface area (Å²) in [5.74, 6) is 2.01. The highest BCUT2D eigenvalue weighted by Gasteiger charge is 2.60. The van der Waals surface area contributed by atoms with E-state index in [9.17, 15) is 9.59 Å². The third-order valence-electron chi connectivity index (χ3n) is 9.31. The van der Waals surface area contributed by atoms with Crippen molar-refractivity contribution in [1.82, 2.24) is 0 Å². The van der Waals surface area contributed by atoms with Gasteiger partial charge >= 0.3 is 11.9 Å². The van der Waals surface area contributed by atoms with Gasteiger partial charge in [0.05, 0.1) is 12.8 Å². The third kappa shape index (κ3) is 3.21. The van der Waals surface area contributed by atoms with Crippen LogP contribution in [0.5, 0.6) is 0 Å². The number of carboxylic acid groups (broad SMARTS) is 1. The van der Waals surface area contributed by atoms with Crippen LogP contribution >= 0.6 is 0 Å². The zero-order valence-electron chi connectivity index (χ0n) is 17.0. The summed E-state index contributed by atoms with van der Waals surface area (Å²) in [6.07, 6.45) is 12.9. The summed E-state index contributed by atoms with van der Waals surface area (Å²) < 4.78 is 5.84. The summed E-state index contributed by atoms with van der Waals surface area (Å²) in [6.45, 7) is 4.94. The molecular formula is C23H36O4.